The second kappa shape index (κ2) is 11.7. The molecule has 0 aliphatic heterocycles. The van der Waals surface area contributed by atoms with Crippen molar-refractivity contribution in [3.8, 4) is 0 Å². The molecule has 35 heavy (non-hydrogen) atoms. The third kappa shape index (κ3) is 6.81. The zero-order valence-corrected chi connectivity index (χ0v) is 22.3. The SMILES string of the molecule is CC(=O)c1cccc(NC(=O)c2nc(SCc3ccccc3C)ncc2Sc2ccc(Br)cc2)c1. The minimum absolute atomic E-state index is 0.0653. The van der Waals surface area contributed by atoms with Gasteiger partial charge in [-0.2, -0.15) is 0 Å². The predicted molar refractivity (Wildman–Crippen MR) is 145 cm³/mol. The monoisotopic (exact) mass is 563 g/mol. The summed E-state index contributed by atoms with van der Waals surface area (Å²) < 4.78 is 0.976. The maximum atomic E-state index is 13.3. The van der Waals surface area contributed by atoms with E-state index < -0.39 is 0 Å². The Bertz CT molecular complexity index is 1380. The molecule has 176 valence electrons. The van der Waals surface area contributed by atoms with Gasteiger partial charge in [0, 0.05) is 32.6 Å². The number of benzene rings is 3. The summed E-state index contributed by atoms with van der Waals surface area (Å²) in [6, 6.07) is 22.9. The standard InChI is InChI=1S/C27H22BrN3O2S2/c1-17-6-3-4-7-20(17)16-34-27-29-15-24(35-23-12-10-21(28)11-13-23)25(31-27)26(33)30-22-9-5-8-19(14-22)18(2)32/h3-15H,16H2,1-2H3,(H,30,33). The number of anilines is 1. The number of rotatable bonds is 8. The smallest absolute Gasteiger partial charge is 0.275 e. The summed E-state index contributed by atoms with van der Waals surface area (Å²) in [5.74, 6) is 0.281. The Morgan fingerprint density at radius 3 is 2.51 bits per heavy atom. The average Bonchev–Trinajstić information content (AvgIpc) is 2.85. The molecular formula is C27H22BrN3O2S2. The Hall–Kier alpha value is -2.94. The normalized spacial score (nSPS) is 10.7. The lowest BCUT2D eigenvalue weighted by molar-refractivity contribution is 0.100. The Kier molecular flexibility index (Phi) is 8.38. The van der Waals surface area contributed by atoms with Gasteiger partial charge in [0.15, 0.2) is 10.9 Å². The van der Waals surface area contributed by atoms with Gasteiger partial charge in [-0.25, -0.2) is 9.97 Å². The van der Waals surface area contributed by atoms with Crippen LogP contribution in [-0.4, -0.2) is 21.7 Å². The van der Waals surface area contributed by atoms with Crippen LogP contribution in [0.4, 0.5) is 5.69 Å². The first-order valence-electron chi connectivity index (χ1n) is 10.8. The number of halogens is 1. The second-order valence-corrected chi connectivity index (χ2v) is 10.7. The van der Waals surface area contributed by atoms with Crippen molar-refractivity contribution in [2.75, 3.05) is 5.32 Å². The maximum Gasteiger partial charge on any atom is 0.275 e. The van der Waals surface area contributed by atoms with Crippen molar-refractivity contribution >= 4 is 56.8 Å². The van der Waals surface area contributed by atoms with Crippen molar-refractivity contribution < 1.29 is 9.59 Å². The number of carbonyl (C=O) groups excluding carboxylic acids is 2. The lowest BCUT2D eigenvalue weighted by Gasteiger charge is -2.11. The molecule has 0 bridgehead atoms. The molecular weight excluding hydrogens is 542 g/mol. The van der Waals surface area contributed by atoms with Crippen molar-refractivity contribution in [1.29, 1.82) is 0 Å². The fourth-order valence-corrected chi connectivity index (χ4v) is 5.23. The zero-order chi connectivity index (χ0) is 24.8. The Labute approximate surface area is 221 Å². The quantitative estimate of drug-likeness (QED) is 0.136. The van der Waals surface area contributed by atoms with Crippen LogP contribution < -0.4 is 5.32 Å². The van der Waals surface area contributed by atoms with E-state index in [4.69, 9.17) is 0 Å². The number of nitrogens with zero attached hydrogens (tertiary/aromatic N) is 2. The molecule has 4 aromatic rings. The molecule has 3 aromatic carbocycles. The average molecular weight is 565 g/mol. The summed E-state index contributed by atoms with van der Waals surface area (Å²) in [7, 11) is 0. The van der Waals surface area contributed by atoms with E-state index in [1.165, 1.54) is 41.6 Å². The molecule has 0 aliphatic carbocycles. The summed E-state index contributed by atoms with van der Waals surface area (Å²) in [6.45, 7) is 3.57. The zero-order valence-electron chi connectivity index (χ0n) is 19.1. The minimum Gasteiger partial charge on any atom is -0.321 e. The van der Waals surface area contributed by atoms with E-state index in [1.54, 1.807) is 30.5 Å². The van der Waals surface area contributed by atoms with Crippen molar-refractivity contribution in [3.05, 3.63) is 106 Å². The number of carbonyl (C=O) groups is 2. The number of aryl methyl sites for hydroxylation is 1. The van der Waals surface area contributed by atoms with Gasteiger partial charge in [0.1, 0.15) is 5.69 Å². The summed E-state index contributed by atoms with van der Waals surface area (Å²) in [6.07, 6.45) is 1.70. The second-order valence-electron chi connectivity index (χ2n) is 7.73. The molecule has 0 saturated carbocycles. The van der Waals surface area contributed by atoms with Gasteiger partial charge < -0.3 is 5.32 Å². The fourth-order valence-electron chi connectivity index (χ4n) is 3.21. The van der Waals surface area contributed by atoms with Gasteiger partial charge in [-0.05, 0) is 61.4 Å². The maximum absolute atomic E-state index is 13.3. The Balaban J connectivity index is 1.62. The number of Topliss-reactive ketones (excluding diaryl/α,β-unsaturated/α-hetero) is 1. The molecule has 1 N–H and O–H groups in total. The van der Waals surface area contributed by atoms with Gasteiger partial charge in [0.25, 0.3) is 5.91 Å². The molecule has 0 radical (unpaired) electrons. The molecule has 4 rings (SSSR count). The van der Waals surface area contributed by atoms with Crippen molar-refractivity contribution in [1.82, 2.24) is 9.97 Å². The third-order valence-corrected chi connectivity index (χ3v) is 7.60. The van der Waals surface area contributed by atoms with Crippen LogP contribution in [0.25, 0.3) is 0 Å². The van der Waals surface area contributed by atoms with E-state index in [-0.39, 0.29) is 17.4 Å². The van der Waals surface area contributed by atoms with E-state index in [0.29, 0.717) is 27.1 Å². The van der Waals surface area contributed by atoms with E-state index in [1.807, 2.05) is 36.4 Å². The summed E-state index contributed by atoms with van der Waals surface area (Å²) in [5.41, 5.74) is 3.75. The molecule has 0 atom stereocenters. The molecule has 1 amide bonds. The van der Waals surface area contributed by atoms with E-state index >= 15 is 0 Å². The Morgan fingerprint density at radius 2 is 1.77 bits per heavy atom. The van der Waals surface area contributed by atoms with Crippen LogP contribution in [0.1, 0.15) is 38.9 Å². The molecule has 1 heterocycles. The van der Waals surface area contributed by atoms with Crippen molar-refractivity contribution in [2.24, 2.45) is 0 Å². The van der Waals surface area contributed by atoms with Crippen LogP contribution in [-0.2, 0) is 5.75 Å². The molecule has 0 aliphatic rings. The highest BCUT2D eigenvalue weighted by Crippen LogP contribution is 2.32. The number of ketones is 1. The highest BCUT2D eigenvalue weighted by molar-refractivity contribution is 9.10. The predicted octanol–water partition coefficient (Wildman–Crippen LogP) is 7.45. The van der Waals surface area contributed by atoms with Crippen LogP contribution in [0.2, 0.25) is 0 Å². The third-order valence-electron chi connectivity index (χ3n) is 5.13. The number of amides is 1. The summed E-state index contributed by atoms with van der Waals surface area (Å²) in [4.78, 5) is 35.8. The lowest BCUT2D eigenvalue weighted by atomic mass is 10.1. The van der Waals surface area contributed by atoms with Gasteiger partial charge in [-0.1, -0.05) is 75.9 Å². The van der Waals surface area contributed by atoms with Crippen LogP contribution in [0.5, 0.6) is 0 Å². The van der Waals surface area contributed by atoms with E-state index in [0.717, 1.165) is 9.37 Å². The molecule has 8 heteroatoms. The van der Waals surface area contributed by atoms with Gasteiger partial charge in [-0.3, -0.25) is 9.59 Å². The largest absolute Gasteiger partial charge is 0.321 e. The first kappa shape index (κ1) is 25.2. The van der Waals surface area contributed by atoms with Crippen LogP contribution in [0.15, 0.2) is 98.4 Å². The van der Waals surface area contributed by atoms with Gasteiger partial charge in [0.05, 0.1) is 4.90 Å². The number of nitrogens with one attached hydrogen (secondary N) is 1. The van der Waals surface area contributed by atoms with Crippen molar-refractivity contribution in [2.45, 2.75) is 34.5 Å². The van der Waals surface area contributed by atoms with E-state index in [9.17, 15) is 9.59 Å². The van der Waals surface area contributed by atoms with Crippen LogP contribution in [0, 0.1) is 6.92 Å². The highest BCUT2D eigenvalue weighted by Gasteiger charge is 2.18. The topological polar surface area (TPSA) is 72.0 Å². The molecule has 0 saturated heterocycles. The number of aromatic nitrogens is 2. The minimum atomic E-state index is -0.356. The number of thioether (sulfide) groups is 1. The number of hydrogen-bond acceptors (Lipinski definition) is 6. The molecule has 1 aromatic heterocycles. The molecule has 0 fully saturated rings. The molecule has 0 spiro atoms. The highest BCUT2D eigenvalue weighted by atomic mass is 79.9. The fraction of sp³-hybridized carbons (Fsp3) is 0.111. The first-order valence-corrected chi connectivity index (χ1v) is 13.4. The van der Waals surface area contributed by atoms with Crippen LogP contribution >= 0.6 is 39.5 Å². The van der Waals surface area contributed by atoms with Crippen LogP contribution in [0.3, 0.4) is 0 Å². The number of hydrogen-bond donors (Lipinski definition) is 1. The lowest BCUT2D eigenvalue weighted by Crippen LogP contribution is -2.16. The van der Waals surface area contributed by atoms with Gasteiger partial charge >= 0.3 is 0 Å². The van der Waals surface area contributed by atoms with Crippen molar-refractivity contribution in [3.63, 3.8) is 0 Å². The molecule has 5 nitrogen and oxygen atoms in total. The van der Waals surface area contributed by atoms with Gasteiger partial charge in [-0.15, -0.1) is 0 Å². The van der Waals surface area contributed by atoms with Gasteiger partial charge in [0.2, 0.25) is 0 Å². The Morgan fingerprint density at radius 1 is 1.00 bits per heavy atom. The summed E-state index contributed by atoms with van der Waals surface area (Å²) >= 11 is 6.36. The first-order chi connectivity index (χ1) is 16.9. The molecule has 0 unspecified atom stereocenters. The summed E-state index contributed by atoms with van der Waals surface area (Å²) in [5, 5.41) is 3.41. The van der Waals surface area contributed by atoms with E-state index in [2.05, 4.69) is 50.3 Å².